The van der Waals surface area contributed by atoms with E-state index in [1.54, 1.807) is 0 Å². The lowest BCUT2D eigenvalue weighted by molar-refractivity contribution is -0.145. The first-order valence-electron chi connectivity index (χ1n) is 5.11. The summed E-state index contributed by atoms with van der Waals surface area (Å²) in [6, 6.07) is -0.0261. The fourth-order valence-corrected chi connectivity index (χ4v) is 2.07. The van der Waals surface area contributed by atoms with E-state index in [2.05, 4.69) is 10.2 Å². The van der Waals surface area contributed by atoms with Crippen molar-refractivity contribution in [3.8, 4) is 0 Å². The molecule has 1 aliphatic rings. The van der Waals surface area contributed by atoms with Crippen molar-refractivity contribution in [3.63, 3.8) is 0 Å². The van der Waals surface area contributed by atoms with E-state index in [0.29, 0.717) is 5.92 Å². The number of likely N-dealkylation sites (tertiary alicyclic amines) is 1. The van der Waals surface area contributed by atoms with E-state index in [9.17, 15) is 4.79 Å². The minimum absolute atomic E-state index is 0.0261. The van der Waals surface area contributed by atoms with Gasteiger partial charge in [0.05, 0.1) is 7.11 Å². The van der Waals surface area contributed by atoms with Gasteiger partial charge in [0.1, 0.15) is 6.04 Å². The van der Waals surface area contributed by atoms with Crippen LogP contribution in [0.2, 0.25) is 0 Å². The second-order valence-electron chi connectivity index (χ2n) is 3.97. The minimum Gasteiger partial charge on any atom is -0.468 e. The summed E-state index contributed by atoms with van der Waals surface area (Å²) in [5.41, 5.74) is 0. The Labute approximate surface area is 85.6 Å². The summed E-state index contributed by atoms with van der Waals surface area (Å²) in [4.78, 5) is 13.5. The summed E-state index contributed by atoms with van der Waals surface area (Å²) in [5, 5.41) is 3.13. The minimum atomic E-state index is -0.0977. The van der Waals surface area contributed by atoms with Crippen molar-refractivity contribution < 1.29 is 9.53 Å². The number of nitrogens with zero attached hydrogens (tertiary/aromatic N) is 1. The van der Waals surface area contributed by atoms with E-state index in [4.69, 9.17) is 4.74 Å². The third-order valence-electron chi connectivity index (χ3n) is 2.91. The maximum absolute atomic E-state index is 11.4. The van der Waals surface area contributed by atoms with E-state index in [1.807, 2.05) is 14.1 Å². The van der Waals surface area contributed by atoms with Gasteiger partial charge in [-0.25, -0.2) is 0 Å². The fourth-order valence-electron chi connectivity index (χ4n) is 2.07. The monoisotopic (exact) mass is 200 g/mol. The highest BCUT2D eigenvalue weighted by atomic mass is 16.5. The lowest BCUT2D eigenvalue weighted by Crippen LogP contribution is -2.33. The first kappa shape index (κ1) is 11.5. The maximum Gasteiger partial charge on any atom is 0.323 e. The molecule has 0 aromatic carbocycles. The van der Waals surface area contributed by atoms with E-state index < -0.39 is 0 Å². The van der Waals surface area contributed by atoms with Crippen LogP contribution in [-0.4, -0.2) is 51.2 Å². The predicted molar refractivity (Wildman–Crippen MR) is 55.1 cm³/mol. The highest BCUT2D eigenvalue weighted by molar-refractivity contribution is 5.76. The zero-order chi connectivity index (χ0) is 10.6. The molecule has 0 bridgehead atoms. The number of likely N-dealkylation sites (N-methyl/N-ethyl adjacent to an activating group) is 1. The molecule has 4 nitrogen and oxygen atoms in total. The molecule has 2 atom stereocenters. The highest BCUT2D eigenvalue weighted by Crippen LogP contribution is 2.24. The Morgan fingerprint density at radius 1 is 1.64 bits per heavy atom. The Morgan fingerprint density at radius 3 is 2.93 bits per heavy atom. The van der Waals surface area contributed by atoms with Crippen LogP contribution in [0.25, 0.3) is 0 Å². The lowest BCUT2D eigenvalue weighted by Gasteiger charge is -2.15. The molecule has 4 heteroatoms. The van der Waals surface area contributed by atoms with Gasteiger partial charge in [0.15, 0.2) is 0 Å². The summed E-state index contributed by atoms with van der Waals surface area (Å²) in [6.45, 7) is 2.02. The normalized spacial score (nSPS) is 27.9. The van der Waals surface area contributed by atoms with Crippen LogP contribution in [-0.2, 0) is 9.53 Å². The summed E-state index contributed by atoms with van der Waals surface area (Å²) in [6.07, 6.45) is 2.07. The quantitative estimate of drug-likeness (QED) is 0.653. The molecule has 0 amide bonds. The standard InChI is InChI=1S/C10H20N2O2/c1-11-5-4-8-6-9(10(13)14-3)12(2)7-8/h8-9,11H,4-7H2,1-3H3. The fraction of sp³-hybridized carbons (Fsp3) is 0.900. The lowest BCUT2D eigenvalue weighted by atomic mass is 10.0. The zero-order valence-electron chi connectivity index (χ0n) is 9.25. The summed E-state index contributed by atoms with van der Waals surface area (Å²) in [7, 11) is 5.40. The molecule has 1 N–H and O–H groups in total. The Balaban J connectivity index is 2.39. The molecule has 1 fully saturated rings. The van der Waals surface area contributed by atoms with E-state index >= 15 is 0 Å². The average Bonchev–Trinajstić information content (AvgIpc) is 2.55. The van der Waals surface area contributed by atoms with E-state index in [1.165, 1.54) is 7.11 Å². The molecule has 1 saturated heterocycles. The van der Waals surface area contributed by atoms with Crippen LogP contribution in [0, 0.1) is 5.92 Å². The molecule has 2 unspecified atom stereocenters. The third kappa shape index (κ3) is 2.69. The second kappa shape index (κ2) is 5.32. The maximum atomic E-state index is 11.4. The van der Waals surface area contributed by atoms with Crippen molar-refractivity contribution >= 4 is 5.97 Å². The number of nitrogens with one attached hydrogen (secondary N) is 1. The third-order valence-corrected chi connectivity index (χ3v) is 2.91. The van der Waals surface area contributed by atoms with Gasteiger partial charge in [-0.2, -0.15) is 0 Å². The van der Waals surface area contributed by atoms with Crippen molar-refractivity contribution in [2.45, 2.75) is 18.9 Å². The summed E-state index contributed by atoms with van der Waals surface area (Å²) < 4.78 is 4.76. The number of ether oxygens (including phenoxy) is 1. The first-order valence-corrected chi connectivity index (χ1v) is 5.11. The van der Waals surface area contributed by atoms with Crippen LogP contribution < -0.4 is 5.32 Å². The largest absolute Gasteiger partial charge is 0.468 e. The summed E-state index contributed by atoms with van der Waals surface area (Å²) in [5.74, 6) is 0.524. The van der Waals surface area contributed by atoms with Crippen LogP contribution in [0.1, 0.15) is 12.8 Å². The Hall–Kier alpha value is -0.610. The topological polar surface area (TPSA) is 41.6 Å². The Bertz CT molecular complexity index is 197. The molecule has 14 heavy (non-hydrogen) atoms. The number of methoxy groups -OCH3 is 1. The van der Waals surface area contributed by atoms with Crippen LogP contribution in [0.4, 0.5) is 0 Å². The van der Waals surface area contributed by atoms with Gasteiger partial charge in [0.2, 0.25) is 0 Å². The SMILES string of the molecule is CNCCC1CC(C(=O)OC)N(C)C1. The number of carbonyl (C=O) groups excluding carboxylic acids is 1. The smallest absolute Gasteiger partial charge is 0.323 e. The average molecular weight is 200 g/mol. The Kier molecular flexibility index (Phi) is 4.35. The molecule has 1 heterocycles. The zero-order valence-corrected chi connectivity index (χ0v) is 9.25. The molecule has 0 aromatic rings. The molecular formula is C10H20N2O2. The van der Waals surface area contributed by atoms with Gasteiger partial charge in [0.25, 0.3) is 0 Å². The molecule has 1 rings (SSSR count). The number of carbonyl (C=O) groups is 1. The second-order valence-corrected chi connectivity index (χ2v) is 3.97. The first-order chi connectivity index (χ1) is 6.69. The van der Waals surface area contributed by atoms with Crippen molar-refractivity contribution in [2.24, 2.45) is 5.92 Å². The highest BCUT2D eigenvalue weighted by Gasteiger charge is 2.34. The van der Waals surface area contributed by atoms with Crippen LogP contribution in [0.5, 0.6) is 0 Å². The van der Waals surface area contributed by atoms with Crippen molar-refractivity contribution in [1.29, 1.82) is 0 Å². The van der Waals surface area contributed by atoms with Gasteiger partial charge >= 0.3 is 5.97 Å². The van der Waals surface area contributed by atoms with Crippen LogP contribution >= 0.6 is 0 Å². The number of hydrogen-bond acceptors (Lipinski definition) is 4. The van der Waals surface area contributed by atoms with Crippen LogP contribution in [0.15, 0.2) is 0 Å². The van der Waals surface area contributed by atoms with E-state index in [-0.39, 0.29) is 12.0 Å². The number of hydrogen-bond donors (Lipinski definition) is 1. The molecule has 0 spiro atoms. The molecule has 0 radical (unpaired) electrons. The van der Waals surface area contributed by atoms with Gasteiger partial charge in [-0.3, -0.25) is 9.69 Å². The molecule has 0 aliphatic carbocycles. The molecular weight excluding hydrogens is 180 g/mol. The van der Waals surface area contributed by atoms with Crippen molar-refractivity contribution in [3.05, 3.63) is 0 Å². The van der Waals surface area contributed by atoms with Gasteiger partial charge in [0, 0.05) is 6.54 Å². The number of rotatable bonds is 4. The van der Waals surface area contributed by atoms with Crippen molar-refractivity contribution in [2.75, 3.05) is 34.3 Å². The van der Waals surface area contributed by atoms with Gasteiger partial charge in [-0.1, -0.05) is 0 Å². The molecule has 1 aliphatic heterocycles. The Morgan fingerprint density at radius 2 is 2.36 bits per heavy atom. The van der Waals surface area contributed by atoms with Gasteiger partial charge in [-0.05, 0) is 39.4 Å². The molecule has 82 valence electrons. The molecule has 0 aromatic heterocycles. The predicted octanol–water partition coefficient (Wildman–Crippen LogP) is 0.0892. The molecule has 0 saturated carbocycles. The van der Waals surface area contributed by atoms with Crippen molar-refractivity contribution in [1.82, 2.24) is 10.2 Å². The van der Waals surface area contributed by atoms with E-state index in [0.717, 1.165) is 25.9 Å². The van der Waals surface area contributed by atoms with Gasteiger partial charge < -0.3 is 10.1 Å². The number of esters is 1. The summed E-state index contributed by atoms with van der Waals surface area (Å²) >= 11 is 0. The van der Waals surface area contributed by atoms with Crippen LogP contribution in [0.3, 0.4) is 0 Å². The van der Waals surface area contributed by atoms with Gasteiger partial charge in [-0.15, -0.1) is 0 Å².